The Morgan fingerprint density at radius 2 is 1.61 bits per heavy atom. The zero-order chi connectivity index (χ0) is 32.8. The Bertz CT molecular complexity index is 1960. The number of amides is 1. The smallest absolute Gasteiger partial charge is 0.280 e. The number of benzene rings is 4. The molecule has 1 heterocycles. The molecule has 5 rings (SSSR count). The van der Waals surface area contributed by atoms with Crippen LogP contribution < -0.4 is 19.2 Å². The Morgan fingerprint density at radius 1 is 0.935 bits per heavy atom. The highest BCUT2D eigenvalue weighted by Crippen LogP contribution is 2.38. The van der Waals surface area contributed by atoms with Gasteiger partial charge in [0.15, 0.2) is 11.5 Å². The number of hydrazone groups is 1. The van der Waals surface area contributed by atoms with Crippen molar-refractivity contribution < 1.29 is 31.8 Å². The van der Waals surface area contributed by atoms with E-state index in [1.54, 1.807) is 19.1 Å². The average Bonchev–Trinajstić information content (AvgIpc) is 3.49. The zero-order valence-electron chi connectivity index (χ0n) is 25.5. The van der Waals surface area contributed by atoms with Gasteiger partial charge in [-0.05, 0) is 60.2 Å². The summed E-state index contributed by atoms with van der Waals surface area (Å²) in [5.74, 6) is 0.155. The molecule has 46 heavy (non-hydrogen) atoms. The number of fused-ring (bicyclic) bond motifs is 1. The van der Waals surface area contributed by atoms with Crippen LogP contribution in [0.1, 0.15) is 28.4 Å². The summed E-state index contributed by atoms with van der Waals surface area (Å²) < 4.78 is 59.1. The molecule has 0 fully saturated rings. The number of hydrogen-bond donors (Lipinski definition) is 0. The van der Waals surface area contributed by atoms with Crippen LogP contribution in [0.3, 0.4) is 0 Å². The first kappa shape index (κ1) is 32.5. The van der Waals surface area contributed by atoms with Crippen LogP contribution in [0, 0.1) is 5.82 Å². The lowest BCUT2D eigenvalue weighted by molar-refractivity contribution is 0.0987. The van der Waals surface area contributed by atoms with Gasteiger partial charge in [0.2, 0.25) is 20.9 Å². The molecule has 0 radical (unpaired) electrons. The van der Waals surface area contributed by atoms with Crippen molar-refractivity contribution in [3.63, 3.8) is 0 Å². The Morgan fingerprint density at radius 3 is 2.22 bits per heavy atom. The van der Waals surface area contributed by atoms with Crippen LogP contribution >= 0.6 is 11.3 Å². The van der Waals surface area contributed by atoms with Crippen molar-refractivity contribution in [2.75, 3.05) is 32.9 Å². The fourth-order valence-electron chi connectivity index (χ4n) is 4.66. The van der Waals surface area contributed by atoms with E-state index in [0.717, 1.165) is 21.9 Å². The number of anilines is 1. The lowest BCUT2D eigenvalue weighted by Crippen LogP contribution is -2.30. The third kappa shape index (κ3) is 6.86. The monoisotopic (exact) mass is 662 g/mol. The minimum absolute atomic E-state index is 0.0461. The first-order valence-electron chi connectivity index (χ1n) is 14.1. The highest BCUT2D eigenvalue weighted by molar-refractivity contribution is 7.89. The van der Waals surface area contributed by atoms with E-state index in [2.05, 4.69) is 10.1 Å². The van der Waals surface area contributed by atoms with Crippen LogP contribution in [0.4, 0.5) is 9.52 Å². The van der Waals surface area contributed by atoms with E-state index in [-0.39, 0.29) is 28.7 Å². The van der Waals surface area contributed by atoms with Gasteiger partial charge in [-0.3, -0.25) is 4.79 Å². The maximum absolute atomic E-state index is 14.0. The van der Waals surface area contributed by atoms with Gasteiger partial charge in [0.25, 0.3) is 5.91 Å². The molecule has 5 aromatic rings. The molecule has 0 bridgehead atoms. The molecule has 238 valence electrons. The van der Waals surface area contributed by atoms with Gasteiger partial charge in [-0.25, -0.2) is 17.8 Å². The first-order valence-corrected chi connectivity index (χ1v) is 16.3. The number of nitrogens with zero attached hydrogens (tertiary/aromatic N) is 4. The summed E-state index contributed by atoms with van der Waals surface area (Å²) in [6.07, 6.45) is 1.43. The summed E-state index contributed by atoms with van der Waals surface area (Å²) in [4.78, 5) is 18.5. The standard InChI is InChI=1S/C33H31FN4O6S2/c1-5-37(21-22-9-7-6-8-10-22)46(40,41)26-14-11-24(12-15-26)32(39)38(33-36-27-16-13-25(34)19-30(27)45-33)35-20-23-17-28(42-2)31(44-4)29(18-23)43-3/h6-20H,5,21H2,1-4H3/b35-20+. The second kappa shape index (κ2) is 14.1. The van der Waals surface area contributed by atoms with Crippen LogP contribution in [0.25, 0.3) is 10.2 Å². The molecular formula is C33H31FN4O6S2. The van der Waals surface area contributed by atoms with Crippen molar-refractivity contribution in [1.29, 1.82) is 0 Å². The summed E-state index contributed by atoms with van der Waals surface area (Å²) in [6, 6.07) is 22.4. The van der Waals surface area contributed by atoms with E-state index in [0.29, 0.717) is 33.0 Å². The van der Waals surface area contributed by atoms with E-state index in [4.69, 9.17) is 14.2 Å². The van der Waals surface area contributed by atoms with E-state index < -0.39 is 21.7 Å². The van der Waals surface area contributed by atoms with Gasteiger partial charge in [-0.2, -0.15) is 14.4 Å². The van der Waals surface area contributed by atoms with Crippen molar-refractivity contribution in [3.8, 4) is 17.2 Å². The molecule has 1 aromatic heterocycles. The number of carbonyl (C=O) groups excluding carboxylic acids is 1. The molecule has 4 aromatic carbocycles. The van der Waals surface area contributed by atoms with Crippen LogP contribution in [0.2, 0.25) is 0 Å². The molecule has 10 nitrogen and oxygen atoms in total. The summed E-state index contributed by atoms with van der Waals surface area (Å²) in [5.41, 5.74) is 2.04. The van der Waals surface area contributed by atoms with Gasteiger partial charge >= 0.3 is 0 Å². The van der Waals surface area contributed by atoms with E-state index in [1.165, 1.54) is 74.3 Å². The lowest BCUT2D eigenvalue weighted by Gasteiger charge is -2.21. The van der Waals surface area contributed by atoms with Crippen molar-refractivity contribution >= 4 is 48.8 Å². The Kier molecular flexibility index (Phi) is 9.95. The van der Waals surface area contributed by atoms with E-state index >= 15 is 0 Å². The van der Waals surface area contributed by atoms with Crippen molar-refractivity contribution in [2.24, 2.45) is 5.10 Å². The fourth-order valence-corrected chi connectivity index (χ4v) is 7.04. The van der Waals surface area contributed by atoms with Crippen molar-refractivity contribution in [1.82, 2.24) is 9.29 Å². The van der Waals surface area contributed by atoms with Gasteiger partial charge < -0.3 is 14.2 Å². The summed E-state index contributed by atoms with van der Waals surface area (Å²) in [7, 11) is 0.610. The zero-order valence-corrected chi connectivity index (χ0v) is 27.1. The third-order valence-corrected chi connectivity index (χ3v) is 9.94. The molecule has 0 aliphatic heterocycles. The van der Waals surface area contributed by atoms with Gasteiger partial charge in [0.05, 0.1) is 42.7 Å². The molecule has 13 heteroatoms. The minimum atomic E-state index is -3.85. The molecule has 0 aliphatic rings. The highest BCUT2D eigenvalue weighted by atomic mass is 32.2. The number of sulfonamides is 1. The number of thiazole rings is 1. The highest BCUT2D eigenvalue weighted by Gasteiger charge is 2.26. The Hall–Kier alpha value is -4.85. The maximum Gasteiger partial charge on any atom is 0.280 e. The molecule has 0 N–H and O–H groups in total. The van der Waals surface area contributed by atoms with Crippen molar-refractivity contribution in [2.45, 2.75) is 18.4 Å². The quantitative estimate of drug-likeness (QED) is 0.113. The van der Waals surface area contributed by atoms with Crippen LogP contribution in [0.15, 0.2) is 94.9 Å². The van der Waals surface area contributed by atoms with Gasteiger partial charge in [0.1, 0.15) is 5.82 Å². The predicted molar refractivity (Wildman–Crippen MR) is 176 cm³/mol. The fraction of sp³-hybridized carbons (Fsp3) is 0.182. The molecule has 0 saturated heterocycles. The number of methoxy groups -OCH3 is 3. The molecule has 0 aliphatic carbocycles. The van der Waals surface area contributed by atoms with Gasteiger partial charge in [0, 0.05) is 24.2 Å². The van der Waals surface area contributed by atoms with Crippen LogP contribution in [-0.4, -0.2) is 57.7 Å². The molecular weight excluding hydrogens is 632 g/mol. The van der Waals surface area contributed by atoms with E-state index in [1.807, 2.05) is 30.3 Å². The number of ether oxygens (including phenoxy) is 3. The third-order valence-electron chi connectivity index (χ3n) is 7.02. The average molecular weight is 663 g/mol. The Balaban J connectivity index is 1.49. The Labute approximate surface area is 270 Å². The number of carbonyl (C=O) groups is 1. The molecule has 0 atom stereocenters. The van der Waals surface area contributed by atoms with Crippen LogP contribution in [-0.2, 0) is 16.6 Å². The number of aromatic nitrogens is 1. The first-order chi connectivity index (χ1) is 22.2. The number of halogens is 1. The topological polar surface area (TPSA) is 111 Å². The molecule has 0 saturated carbocycles. The largest absolute Gasteiger partial charge is 0.493 e. The lowest BCUT2D eigenvalue weighted by atomic mass is 10.2. The van der Waals surface area contributed by atoms with Gasteiger partial charge in [-0.15, -0.1) is 0 Å². The van der Waals surface area contributed by atoms with Crippen molar-refractivity contribution in [3.05, 3.63) is 107 Å². The number of hydrogen-bond acceptors (Lipinski definition) is 9. The summed E-state index contributed by atoms with van der Waals surface area (Å²) in [6.45, 7) is 2.24. The summed E-state index contributed by atoms with van der Waals surface area (Å²) >= 11 is 1.08. The summed E-state index contributed by atoms with van der Waals surface area (Å²) in [5, 5.41) is 5.73. The molecule has 0 unspecified atom stereocenters. The normalized spacial score (nSPS) is 11.7. The number of rotatable bonds is 12. The predicted octanol–water partition coefficient (Wildman–Crippen LogP) is 6.35. The van der Waals surface area contributed by atoms with Crippen LogP contribution in [0.5, 0.6) is 17.2 Å². The SMILES string of the molecule is CCN(Cc1ccccc1)S(=O)(=O)c1ccc(C(=O)N(/N=C/c2cc(OC)c(OC)c(OC)c2)c2nc3ccc(F)cc3s2)cc1. The second-order valence-electron chi connectivity index (χ2n) is 9.87. The van der Waals surface area contributed by atoms with Gasteiger partial charge in [-0.1, -0.05) is 48.6 Å². The molecule has 0 spiro atoms. The minimum Gasteiger partial charge on any atom is -0.493 e. The second-order valence-corrected chi connectivity index (χ2v) is 12.8. The maximum atomic E-state index is 14.0. The van der Waals surface area contributed by atoms with E-state index in [9.17, 15) is 17.6 Å². The molecule has 1 amide bonds.